The number of benzene rings is 2. The number of rotatable bonds is 6. The van der Waals surface area contributed by atoms with Crippen LogP contribution in [0.2, 0.25) is 5.02 Å². The lowest BCUT2D eigenvalue weighted by molar-refractivity contribution is 0.0129. The minimum atomic E-state index is -3.82. The minimum absolute atomic E-state index is 0.0421. The molecule has 0 radical (unpaired) electrons. The average molecular weight is 831 g/mol. The highest BCUT2D eigenvalue weighted by atomic mass is 35.5. The minimum Gasteiger partial charge on any atom is -0.491 e. The smallest absolute Gasteiger partial charge is 0.286 e. The van der Waals surface area contributed by atoms with E-state index in [0.717, 1.165) is 49.2 Å². The Hall–Kier alpha value is -4.92. The van der Waals surface area contributed by atoms with E-state index in [-0.39, 0.29) is 40.7 Å². The van der Waals surface area contributed by atoms with Crippen molar-refractivity contribution in [2.75, 3.05) is 44.6 Å². The number of nitrogens with zero attached hydrogens (tertiary/aromatic N) is 5. The number of carbonyl (C=O) groups is 2. The first-order chi connectivity index (χ1) is 28.0. The van der Waals surface area contributed by atoms with Crippen LogP contribution in [0.25, 0.3) is 0 Å². The van der Waals surface area contributed by atoms with Gasteiger partial charge in [-0.2, -0.15) is 0 Å². The van der Waals surface area contributed by atoms with E-state index in [4.69, 9.17) is 30.5 Å². The number of carbonyl (C=O) groups excluding carboxylic acids is 2. The molecule has 7 rings (SSSR count). The largest absolute Gasteiger partial charge is 0.491 e. The van der Waals surface area contributed by atoms with Crippen LogP contribution >= 0.6 is 11.6 Å². The van der Waals surface area contributed by atoms with Gasteiger partial charge in [-0.1, -0.05) is 36.7 Å². The topological polar surface area (TPSA) is 146 Å². The third-order valence-electron chi connectivity index (χ3n) is 11.2. The lowest BCUT2D eigenvalue weighted by atomic mass is 9.70. The number of hydrogen-bond acceptors (Lipinski definition) is 10. The molecule has 2 bridgehead atoms. The highest BCUT2D eigenvalue weighted by Gasteiger charge is 2.38. The van der Waals surface area contributed by atoms with Crippen molar-refractivity contribution in [3.8, 4) is 17.5 Å². The molecule has 0 saturated heterocycles. The molecule has 2 aromatic heterocycles. The maximum atomic E-state index is 15.1. The molecule has 6 atom stereocenters. The first-order valence-corrected chi connectivity index (χ1v) is 21.9. The lowest BCUT2D eigenvalue weighted by Crippen LogP contribution is -2.44. The van der Waals surface area contributed by atoms with Crippen LogP contribution in [0.4, 0.5) is 5.69 Å². The Labute approximate surface area is 345 Å². The fourth-order valence-electron chi connectivity index (χ4n) is 8.02. The maximum Gasteiger partial charge on any atom is 0.286 e. The maximum absolute atomic E-state index is 15.1. The Kier molecular flexibility index (Phi) is 13.0. The molecule has 13 nitrogen and oxygen atoms in total. The first kappa shape index (κ1) is 41.2. The van der Waals surface area contributed by atoms with E-state index in [1.54, 1.807) is 50.7 Å². The van der Waals surface area contributed by atoms with Crippen LogP contribution < -0.4 is 23.8 Å². The molecule has 2 aliphatic heterocycles. The van der Waals surface area contributed by atoms with Gasteiger partial charge in [0.2, 0.25) is 11.8 Å². The number of fused-ring (bicyclic) bond motifs is 3. The van der Waals surface area contributed by atoms with Crippen molar-refractivity contribution in [1.82, 2.24) is 19.5 Å². The van der Waals surface area contributed by atoms with Gasteiger partial charge in [-0.05, 0) is 104 Å². The van der Waals surface area contributed by atoms with E-state index in [9.17, 15) is 9.59 Å². The van der Waals surface area contributed by atoms with Gasteiger partial charge in [0.15, 0.2) is 0 Å². The molecule has 4 heterocycles. The SMILES string of the molecule is COc1nn(C)cc1C(=O)NS1(=O)=NC(=O)c2ccc3c(c2)N(CCc2ccc(Cl)cc2CCCCO3)C[C@@H]2CC[C@H]2[C@@H](OC)/C=C/[C@H](Oc2ccccn2)[C@H](C)C1. The normalized spacial score (nSPS) is 25.8. The predicted molar refractivity (Wildman–Crippen MR) is 223 cm³/mol. The molecule has 1 fully saturated rings. The van der Waals surface area contributed by atoms with E-state index in [1.807, 2.05) is 31.2 Å². The summed E-state index contributed by atoms with van der Waals surface area (Å²) in [5, 5.41) is 4.90. The van der Waals surface area contributed by atoms with Crippen LogP contribution in [-0.2, 0) is 34.5 Å². The number of aryl methyl sites for hydroxylation is 2. The average Bonchev–Trinajstić information content (AvgIpc) is 3.59. The summed E-state index contributed by atoms with van der Waals surface area (Å²) >= 11 is 6.46. The zero-order valence-electron chi connectivity index (χ0n) is 33.3. The molecule has 1 saturated carbocycles. The van der Waals surface area contributed by atoms with Crippen LogP contribution in [0, 0.1) is 17.8 Å². The molecule has 2 amide bonds. The van der Waals surface area contributed by atoms with Gasteiger partial charge in [-0.3, -0.25) is 19.0 Å². The summed E-state index contributed by atoms with van der Waals surface area (Å²) in [5.41, 5.74) is 3.49. The van der Waals surface area contributed by atoms with Gasteiger partial charge in [0.25, 0.3) is 11.8 Å². The second-order valence-corrected chi connectivity index (χ2v) is 17.7. The van der Waals surface area contributed by atoms with Crippen molar-refractivity contribution >= 4 is 39.0 Å². The first-order valence-electron chi connectivity index (χ1n) is 19.8. The second-order valence-electron chi connectivity index (χ2n) is 15.3. The van der Waals surface area contributed by atoms with Crippen molar-refractivity contribution in [1.29, 1.82) is 0 Å². The molecular weight excluding hydrogens is 780 g/mol. The Bertz CT molecular complexity index is 2260. The number of ether oxygens (including phenoxy) is 4. The molecule has 308 valence electrons. The van der Waals surface area contributed by atoms with E-state index in [2.05, 4.69) is 36.2 Å². The highest BCUT2D eigenvalue weighted by Crippen LogP contribution is 2.41. The van der Waals surface area contributed by atoms with Gasteiger partial charge in [0.05, 0.1) is 31.3 Å². The predicted octanol–water partition coefficient (Wildman–Crippen LogP) is 6.89. The van der Waals surface area contributed by atoms with Crippen molar-refractivity contribution in [2.45, 2.75) is 57.7 Å². The summed E-state index contributed by atoms with van der Waals surface area (Å²) in [4.78, 5) is 34.8. The molecule has 58 heavy (non-hydrogen) atoms. The Morgan fingerprint density at radius 1 is 1.02 bits per heavy atom. The number of anilines is 1. The van der Waals surface area contributed by atoms with E-state index in [0.29, 0.717) is 31.3 Å². The number of hydrogen-bond donors (Lipinski definition) is 1. The second kappa shape index (κ2) is 18.3. The van der Waals surface area contributed by atoms with E-state index >= 15 is 4.21 Å². The summed E-state index contributed by atoms with van der Waals surface area (Å²) in [6.45, 7) is 3.67. The van der Waals surface area contributed by atoms with Gasteiger partial charge in [-0.15, -0.1) is 9.46 Å². The monoisotopic (exact) mass is 830 g/mol. The van der Waals surface area contributed by atoms with Gasteiger partial charge < -0.3 is 23.8 Å². The molecular formula is C43H51ClN6O7S. The fourth-order valence-corrected chi connectivity index (χ4v) is 10.1. The van der Waals surface area contributed by atoms with E-state index in [1.165, 1.54) is 29.1 Å². The molecule has 1 N–H and O–H groups in total. The summed E-state index contributed by atoms with van der Waals surface area (Å²) in [6.07, 6.45) is 11.5. The summed E-state index contributed by atoms with van der Waals surface area (Å²) in [6, 6.07) is 16.7. The molecule has 1 aliphatic carbocycles. The number of aromatic nitrogens is 3. The van der Waals surface area contributed by atoms with Crippen LogP contribution in [0.3, 0.4) is 0 Å². The Balaban J connectivity index is 1.33. The number of nitrogens with one attached hydrogen (secondary N) is 1. The fraction of sp³-hybridized carbons (Fsp3) is 0.442. The van der Waals surface area contributed by atoms with Gasteiger partial charge in [0.1, 0.15) is 27.3 Å². The summed E-state index contributed by atoms with van der Waals surface area (Å²) < 4.78 is 47.8. The molecule has 15 heteroatoms. The third kappa shape index (κ3) is 9.67. The lowest BCUT2D eigenvalue weighted by Gasteiger charge is -2.43. The van der Waals surface area contributed by atoms with Crippen LogP contribution in [0.1, 0.15) is 64.4 Å². The highest BCUT2D eigenvalue weighted by molar-refractivity contribution is 7.92. The van der Waals surface area contributed by atoms with Gasteiger partial charge in [0, 0.05) is 62.2 Å². The van der Waals surface area contributed by atoms with E-state index < -0.39 is 33.8 Å². The van der Waals surface area contributed by atoms with Gasteiger partial charge in [-0.25, -0.2) is 9.19 Å². The number of halogens is 1. The van der Waals surface area contributed by atoms with Crippen molar-refractivity contribution in [3.05, 3.63) is 106 Å². The zero-order chi connectivity index (χ0) is 40.8. The molecule has 2 aromatic carbocycles. The van der Waals surface area contributed by atoms with Gasteiger partial charge >= 0.3 is 0 Å². The van der Waals surface area contributed by atoms with Crippen molar-refractivity contribution < 1.29 is 32.7 Å². The van der Waals surface area contributed by atoms with Crippen LogP contribution in [-0.4, -0.2) is 82.7 Å². The summed E-state index contributed by atoms with van der Waals surface area (Å²) in [7, 11) is 0.924. The molecule has 1 unspecified atom stereocenters. The quantitative estimate of drug-likeness (QED) is 0.204. The van der Waals surface area contributed by atoms with Crippen LogP contribution in [0.15, 0.2) is 83.5 Å². The zero-order valence-corrected chi connectivity index (χ0v) is 34.9. The summed E-state index contributed by atoms with van der Waals surface area (Å²) in [5.74, 6) is -0.712. The molecule has 3 aliphatic rings. The van der Waals surface area contributed by atoms with Crippen molar-refractivity contribution in [2.24, 2.45) is 29.2 Å². The number of pyridine rings is 1. The van der Waals surface area contributed by atoms with Crippen molar-refractivity contribution in [3.63, 3.8) is 0 Å². The molecule has 0 spiro atoms. The standard InChI is InChI=1S/C43H51ClN6O7S/c1-28-27-58(53,48-42(52)35-26-49(2)46-43(35)55-4)47-41(51)31-13-16-39-36(24-31)50(21-19-29-11-14-33(44)23-30(29)9-6-8-22-56-39)25-32-12-15-34(32)38(54-3)18-17-37(28)57-40-10-5-7-20-45-40/h5,7,10-11,13-14,16-18,20,23-24,26,28,32,34,37-38H,6,8-9,12,15,19,21-22,25,27H2,1-4H3,(H,47,48,51,52,53)/b18-17+/t28-,32+,34-,37+,38+,58?/m1/s1. The molecule has 4 aromatic rings. The van der Waals surface area contributed by atoms with Crippen LogP contribution in [0.5, 0.6) is 17.5 Å². The Morgan fingerprint density at radius 3 is 2.62 bits per heavy atom. The Morgan fingerprint density at radius 2 is 1.86 bits per heavy atom. The number of methoxy groups -OCH3 is 2. The number of amides is 2. The third-order valence-corrected chi connectivity index (χ3v) is 13.4.